The molecular weight excluding hydrogens is 366 g/mol. The topological polar surface area (TPSA) is 67.1 Å². The van der Waals surface area contributed by atoms with Crippen molar-refractivity contribution in [3.8, 4) is 0 Å². The first-order chi connectivity index (χ1) is 13.6. The van der Waals surface area contributed by atoms with Gasteiger partial charge in [-0.25, -0.2) is 0 Å². The molecule has 0 unspecified atom stereocenters. The molecule has 0 spiro atoms. The smallest absolute Gasteiger partial charge is 0.239 e. The average molecular weight is 398 g/mol. The molecule has 0 heterocycles. The number of nitrogens with one attached hydrogen (secondary N) is 2. The number of hydrogen-bond acceptors (Lipinski definition) is 4. The van der Waals surface area contributed by atoms with Crippen LogP contribution in [0.4, 0.5) is 11.4 Å². The second-order valence-corrected chi connectivity index (χ2v) is 8.45. The number of hydrogen-bond donors (Lipinski definition) is 3. The Balaban J connectivity index is 0.000000706. The third kappa shape index (κ3) is 5.09. The molecule has 2 aromatic carbocycles. The Morgan fingerprint density at radius 2 is 1.57 bits per heavy atom. The molecular formula is C23H31N3OS. The summed E-state index contributed by atoms with van der Waals surface area (Å²) in [5.41, 5.74) is 13.2. The molecule has 2 aliphatic rings. The molecule has 0 atom stereocenters. The minimum Gasteiger partial charge on any atom is -0.399 e. The lowest BCUT2D eigenvalue weighted by Crippen LogP contribution is -2.25. The molecule has 1 amide bonds. The molecule has 4 rings (SSSR count). The Bertz CT molecular complexity index is 785. The molecule has 2 aliphatic carbocycles. The van der Waals surface area contributed by atoms with E-state index in [0.717, 1.165) is 42.0 Å². The van der Waals surface area contributed by atoms with E-state index in [1.807, 2.05) is 24.3 Å². The van der Waals surface area contributed by atoms with Crippen LogP contribution in [-0.2, 0) is 30.5 Å². The molecule has 5 heteroatoms. The molecule has 0 aliphatic heterocycles. The zero-order valence-corrected chi connectivity index (χ0v) is 17.8. The number of anilines is 2. The Kier molecular flexibility index (Phi) is 7.40. The van der Waals surface area contributed by atoms with Gasteiger partial charge in [0.15, 0.2) is 0 Å². The van der Waals surface area contributed by atoms with Crippen LogP contribution in [0, 0.1) is 0 Å². The van der Waals surface area contributed by atoms with E-state index in [2.05, 4.69) is 30.0 Å². The van der Waals surface area contributed by atoms with E-state index in [-0.39, 0.29) is 12.5 Å². The highest BCUT2D eigenvalue weighted by atomic mass is 32.2. The molecule has 0 radical (unpaired) electrons. The van der Waals surface area contributed by atoms with Crippen LogP contribution in [0.5, 0.6) is 0 Å². The second-order valence-electron chi connectivity index (χ2n) is 7.48. The third-order valence-electron chi connectivity index (χ3n) is 5.04. The van der Waals surface area contributed by atoms with E-state index < -0.39 is 0 Å². The van der Waals surface area contributed by atoms with Gasteiger partial charge in [0.05, 0.1) is 6.54 Å². The molecule has 0 saturated carbocycles. The van der Waals surface area contributed by atoms with Crippen molar-refractivity contribution in [3.05, 3.63) is 52.6 Å². The number of amides is 1. The number of nitrogen functional groups attached to an aromatic ring is 1. The first-order valence-electron chi connectivity index (χ1n) is 10.3. The highest BCUT2D eigenvalue weighted by Crippen LogP contribution is 2.38. The molecule has 0 bridgehead atoms. The van der Waals surface area contributed by atoms with Crippen LogP contribution in [0.1, 0.15) is 55.4 Å². The van der Waals surface area contributed by atoms with Crippen LogP contribution < -0.4 is 15.8 Å². The lowest BCUT2D eigenvalue weighted by Gasteiger charge is -2.16. The van der Waals surface area contributed by atoms with Crippen molar-refractivity contribution in [2.24, 2.45) is 0 Å². The number of fused-ring (bicyclic) bond motifs is 2. The molecule has 150 valence electrons. The van der Waals surface area contributed by atoms with E-state index in [4.69, 9.17) is 5.73 Å². The standard InChI is InChI=1S/C20H23N3OS.C3H8/c21-15-7-9-16(10-8-15)25-22-12-19(24)23-20-17-5-1-3-13(17)11-14-4-2-6-18(14)20;1-3-2/h7-11,22H,1-6,12,21H2,(H,23,24);3H2,1-2H3. The maximum absolute atomic E-state index is 12.4. The van der Waals surface area contributed by atoms with Gasteiger partial charge in [0.1, 0.15) is 0 Å². The van der Waals surface area contributed by atoms with Gasteiger partial charge in [0, 0.05) is 16.3 Å². The molecule has 0 saturated heterocycles. The Morgan fingerprint density at radius 1 is 1.00 bits per heavy atom. The largest absolute Gasteiger partial charge is 0.399 e. The molecule has 0 aromatic heterocycles. The first kappa shape index (κ1) is 20.7. The second kappa shape index (κ2) is 9.99. The number of rotatable bonds is 5. The van der Waals surface area contributed by atoms with Crippen molar-refractivity contribution in [1.82, 2.24) is 4.72 Å². The fourth-order valence-corrected chi connectivity index (χ4v) is 4.51. The highest BCUT2D eigenvalue weighted by Gasteiger charge is 2.24. The first-order valence-corrected chi connectivity index (χ1v) is 11.2. The number of aryl methyl sites for hydroxylation is 2. The predicted molar refractivity (Wildman–Crippen MR) is 120 cm³/mol. The van der Waals surface area contributed by atoms with Gasteiger partial charge in [-0.05, 0) is 97.0 Å². The van der Waals surface area contributed by atoms with Crippen LogP contribution in [0.3, 0.4) is 0 Å². The summed E-state index contributed by atoms with van der Waals surface area (Å²) in [6.45, 7) is 4.54. The summed E-state index contributed by atoms with van der Waals surface area (Å²) in [5, 5.41) is 3.20. The Morgan fingerprint density at radius 3 is 2.14 bits per heavy atom. The van der Waals surface area contributed by atoms with Gasteiger partial charge < -0.3 is 11.1 Å². The van der Waals surface area contributed by atoms with E-state index >= 15 is 0 Å². The fourth-order valence-electron chi connectivity index (χ4n) is 3.87. The summed E-state index contributed by atoms with van der Waals surface area (Å²) in [4.78, 5) is 13.5. The zero-order chi connectivity index (χ0) is 19.9. The van der Waals surface area contributed by atoms with Crippen molar-refractivity contribution < 1.29 is 4.79 Å². The van der Waals surface area contributed by atoms with Crippen LogP contribution in [-0.4, -0.2) is 12.5 Å². The van der Waals surface area contributed by atoms with Crippen LogP contribution in [0.15, 0.2) is 35.2 Å². The SMILES string of the molecule is CCC.Nc1ccc(SNCC(=O)Nc2c3c(cc4c2CCC4)CCC3)cc1. The third-order valence-corrected chi connectivity index (χ3v) is 5.84. The summed E-state index contributed by atoms with van der Waals surface area (Å²) in [6, 6.07) is 10.0. The zero-order valence-electron chi connectivity index (χ0n) is 16.9. The summed E-state index contributed by atoms with van der Waals surface area (Å²) in [7, 11) is 0. The van der Waals surface area contributed by atoms with E-state index in [1.165, 1.54) is 53.5 Å². The Labute approximate surface area is 172 Å². The van der Waals surface area contributed by atoms with Gasteiger partial charge in [0.25, 0.3) is 0 Å². The van der Waals surface area contributed by atoms with Crippen molar-refractivity contribution in [3.63, 3.8) is 0 Å². The molecule has 28 heavy (non-hydrogen) atoms. The minimum atomic E-state index is 0.0253. The summed E-state index contributed by atoms with van der Waals surface area (Å²) in [5.74, 6) is 0.0253. The number of nitrogens with two attached hydrogens (primary N) is 1. The maximum Gasteiger partial charge on any atom is 0.239 e. The molecule has 4 N–H and O–H groups in total. The van der Waals surface area contributed by atoms with Crippen LogP contribution in [0.25, 0.3) is 0 Å². The summed E-state index contributed by atoms with van der Waals surface area (Å²) >= 11 is 1.45. The van der Waals surface area contributed by atoms with E-state index in [9.17, 15) is 4.79 Å². The fraction of sp³-hybridized carbons (Fsp3) is 0.435. The predicted octanol–water partition coefficient (Wildman–Crippen LogP) is 4.90. The van der Waals surface area contributed by atoms with Gasteiger partial charge >= 0.3 is 0 Å². The van der Waals surface area contributed by atoms with E-state index in [0.29, 0.717) is 0 Å². The van der Waals surface area contributed by atoms with E-state index in [1.54, 1.807) is 0 Å². The molecule has 0 fully saturated rings. The minimum absolute atomic E-state index is 0.0253. The van der Waals surface area contributed by atoms with Crippen molar-refractivity contribution in [2.75, 3.05) is 17.6 Å². The monoisotopic (exact) mass is 397 g/mol. The quantitative estimate of drug-likeness (QED) is 0.496. The van der Waals surface area contributed by atoms with Crippen molar-refractivity contribution in [2.45, 2.75) is 63.7 Å². The number of carbonyl (C=O) groups excluding carboxylic acids is 1. The normalized spacial score (nSPS) is 14.1. The number of benzene rings is 2. The van der Waals surface area contributed by atoms with Crippen LogP contribution in [0.2, 0.25) is 0 Å². The summed E-state index contributed by atoms with van der Waals surface area (Å²) in [6.07, 6.45) is 8.13. The molecule has 2 aromatic rings. The highest BCUT2D eigenvalue weighted by molar-refractivity contribution is 7.97. The summed E-state index contributed by atoms with van der Waals surface area (Å²) < 4.78 is 3.14. The van der Waals surface area contributed by atoms with Gasteiger partial charge in [-0.15, -0.1) is 0 Å². The maximum atomic E-state index is 12.4. The molecule has 4 nitrogen and oxygen atoms in total. The average Bonchev–Trinajstić information content (AvgIpc) is 3.33. The lowest BCUT2D eigenvalue weighted by atomic mass is 9.98. The Hall–Kier alpha value is -1.98. The lowest BCUT2D eigenvalue weighted by molar-refractivity contribution is -0.115. The van der Waals surface area contributed by atoms with Gasteiger partial charge in [-0.1, -0.05) is 26.3 Å². The number of carbonyl (C=O) groups is 1. The van der Waals surface area contributed by atoms with Crippen molar-refractivity contribution in [1.29, 1.82) is 0 Å². The van der Waals surface area contributed by atoms with Crippen molar-refractivity contribution >= 4 is 29.2 Å². The van der Waals surface area contributed by atoms with Gasteiger partial charge in [-0.2, -0.15) is 0 Å². The van der Waals surface area contributed by atoms with Gasteiger partial charge in [-0.3, -0.25) is 9.52 Å². The van der Waals surface area contributed by atoms with Crippen LogP contribution >= 0.6 is 11.9 Å². The van der Waals surface area contributed by atoms with Gasteiger partial charge in [0.2, 0.25) is 5.91 Å².